The Hall–Kier alpha value is -2.48. The lowest BCUT2D eigenvalue weighted by molar-refractivity contribution is -0.141. The molecule has 8 heteroatoms. The van der Waals surface area contributed by atoms with E-state index in [1.165, 1.54) is 11.8 Å². The molecule has 1 amide bonds. The molecule has 144 valence electrons. The Morgan fingerprint density at radius 2 is 2.04 bits per heavy atom. The van der Waals surface area contributed by atoms with Gasteiger partial charge >= 0.3 is 5.97 Å². The number of hydrogen-bond acceptors (Lipinski definition) is 6. The molecule has 27 heavy (non-hydrogen) atoms. The number of ether oxygens (including phenoxy) is 1. The second-order valence-corrected chi connectivity index (χ2v) is 8.84. The molecule has 2 atom stereocenters. The van der Waals surface area contributed by atoms with Crippen LogP contribution >= 0.6 is 0 Å². The van der Waals surface area contributed by atoms with E-state index in [0.717, 1.165) is 5.39 Å². The number of amides is 1. The van der Waals surface area contributed by atoms with E-state index in [-0.39, 0.29) is 23.5 Å². The summed E-state index contributed by atoms with van der Waals surface area (Å²) in [6, 6.07) is 8.43. The quantitative estimate of drug-likeness (QED) is 0.723. The SMILES string of the molecule is CCN(C(=O)[C@@H](C)OC(=O)c1cccc2cccnc12)[C@H]1CCS(=O)(=O)C1. The van der Waals surface area contributed by atoms with Crippen LogP contribution in [0.3, 0.4) is 0 Å². The van der Waals surface area contributed by atoms with E-state index >= 15 is 0 Å². The molecule has 0 aliphatic carbocycles. The third-order valence-corrected chi connectivity index (χ3v) is 6.51. The van der Waals surface area contributed by atoms with E-state index in [9.17, 15) is 18.0 Å². The fraction of sp³-hybridized carbons (Fsp3) is 0.421. The Labute approximate surface area is 158 Å². The molecule has 1 aliphatic rings. The van der Waals surface area contributed by atoms with Crippen LogP contribution < -0.4 is 0 Å². The molecule has 0 N–H and O–H groups in total. The van der Waals surface area contributed by atoms with Gasteiger partial charge in [-0.2, -0.15) is 0 Å². The molecule has 3 rings (SSSR count). The number of para-hydroxylation sites is 1. The zero-order valence-electron chi connectivity index (χ0n) is 15.3. The highest BCUT2D eigenvalue weighted by Gasteiger charge is 2.36. The van der Waals surface area contributed by atoms with E-state index in [4.69, 9.17) is 4.74 Å². The van der Waals surface area contributed by atoms with Crippen LogP contribution in [0.25, 0.3) is 10.9 Å². The van der Waals surface area contributed by atoms with Gasteiger partial charge < -0.3 is 9.64 Å². The zero-order chi connectivity index (χ0) is 19.6. The van der Waals surface area contributed by atoms with Gasteiger partial charge in [0.15, 0.2) is 15.9 Å². The van der Waals surface area contributed by atoms with Crippen LogP contribution in [0.4, 0.5) is 0 Å². The number of sulfone groups is 1. The van der Waals surface area contributed by atoms with Crippen molar-refractivity contribution in [1.82, 2.24) is 9.88 Å². The third kappa shape index (κ3) is 4.10. The van der Waals surface area contributed by atoms with Gasteiger partial charge in [0.2, 0.25) is 0 Å². The largest absolute Gasteiger partial charge is 0.449 e. The Kier molecular flexibility index (Phi) is 5.46. The summed E-state index contributed by atoms with van der Waals surface area (Å²) in [5.41, 5.74) is 0.804. The molecule has 0 unspecified atom stereocenters. The molecule has 2 aromatic rings. The summed E-state index contributed by atoms with van der Waals surface area (Å²) in [7, 11) is -3.11. The molecule has 1 aromatic carbocycles. The van der Waals surface area contributed by atoms with Gasteiger partial charge in [0.25, 0.3) is 5.91 Å². The van der Waals surface area contributed by atoms with Crippen molar-refractivity contribution in [2.24, 2.45) is 0 Å². The van der Waals surface area contributed by atoms with Crippen molar-refractivity contribution in [3.05, 3.63) is 42.1 Å². The zero-order valence-corrected chi connectivity index (χ0v) is 16.1. The van der Waals surface area contributed by atoms with Gasteiger partial charge in [-0.3, -0.25) is 9.78 Å². The lowest BCUT2D eigenvalue weighted by Crippen LogP contribution is -2.46. The minimum atomic E-state index is -3.11. The molecular weight excluding hydrogens is 368 g/mol. The van der Waals surface area contributed by atoms with E-state index < -0.39 is 21.9 Å². The maximum atomic E-state index is 12.7. The topological polar surface area (TPSA) is 93.6 Å². The minimum absolute atomic E-state index is 0.0412. The molecule has 7 nitrogen and oxygen atoms in total. The van der Waals surface area contributed by atoms with Crippen LogP contribution in [0.15, 0.2) is 36.5 Å². The summed E-state index contributed by atoms with van der Waals surface area (Å²) in [6.45, 7) is 3.65. The van der Waals surface area contributed by atoms with E-state index in [0.29, 0.717) is 24.0 Å². The monoisotopic (exact) mass is 390 g/mol. The number of hydrogen-bond donors (Lipinski definition) is 0. The van der Waals surface area contributed by atoms with Crippen molar-refractivity contribution < 1.29 is 22.7 Å². The molecular formula is C19H22N2O5S. The Bertz CT molecular complexity index is 968. The highest BCUT2D eigenvalue weighted by atomic mass is 32.2. The average molecular weight is 390 g/mol. The molecule has 1 aromatic heterocycles. The highest BCUT2D eigenvalue weighted by molar-refractivity contribution is 7.91. The van der Waals surface area contributed by atoms with Crippen LogP contribution in [0.5, 0.6) is 0 Å². The predicted molar refractivity (Wildman–Crippen MR) is 101 cm³/mol. The Morgan fingerprint density at radius 1 is 1.30 bits per heavy atom. The number of aromatic nitrogens is 1. The lowest BCUT2D eigenvalue weighted by atomic mass is 10.1. The first-order valence-corrected chi connectivity index (χ1v) is 10.7. The number of fused-ring (bicyclic) bond motifs is 1. The predicted octanol–water partition coefficient (Wildman–Crippen LogP) is 1.82. The van der Waals surface area contributed by atoms with Crippen molar-refractivity contribution in [1.29, 1.82) is 0 Å². The molecule has 1 fully saturated rings. The summed E-state index contributed by atoms with van der Waals surface area (Å²) in [4.78, 5) is 31.0. The van der Waals surface area contributed by atoms with Gasteiger partial charge in [-0.25, -0.2) is 13.2 Å². The Balaban J connectivity index is 1.74. The number of carbonyl (C=O) groups is 2. The fourth-order valence-corrected chi connectivity index (χ4v) is 5.12. The summed E-state index contributed by atoms with van der Waals surface area (Å²) in [5.74, 6) is -0.978. The van der Waals surface area contributed by atoms with E-state index in [1.807, 2.05) is 12.1 Å². The molecule has 1 saturated heterocycles. The van der Waals surface area contributed by atoms with Gasteiger partial charge in [0.05, 0.1) is 22.6 Å². The van der Waals surface area contributed by atoms with E-state index in [1.54, 1.807) is 31.3 Å². The number of benzene rings is 1. The van der Waals surface area contributed by atoms with Gasteiger partial charge in [0.1, 0.15) is 0 Å². The smallest absolute Gasteiger partial charge is 0.341 e. The van der Waals surface area contributed by atoms with Crippen LogP contribution in [0.1, 0.15) is 30.6 Å². The van der Waals surface area contributed by atoms with Crippen molar-refractivity contribution in [2.75, 3.05) is 18.1 Å². The van der Waals surface area contributed by atoms with Crippen LogP contribution in [0.2, 0.25) is 0 Å². The van der Waals surface area contributed by atoms with Crippen LogP contribution in [0, 0.1) is 0 Å². The van der Waals surface area contributed by atoms with Crippen molar-refractivity contribution in [3.8, 4) is 0 Å². The summed E-state index contributed by atoms with van der Waals surface area (Å²) in [5, 5.41) is 0.803. The fourth-order valence-electron chi connectivity index (χ4n) is 3.39. The summed E-state index contributed by atoms with van der Waals surface area (Å²) in [6.07, 6.45) is 0.989. The number of rotatable bonds is 5. The highest BCUT2D eigenvalue weighted by Crippen LogP contribution is 2.21. The molecule has 1 aliphatic heterocycles. The second-order valence-electron chi connectivity index (χ2n) is 6.61. The minimum Gasteiger partial charge on any atom is -0.449 e. The normalized spacial score (nSPS) is 19.6. The summed E-state index contributed by atoms with van der Waals surface area (Å²) >= 11 is 0. The number of likely N-dealkylation sites (N-methyl/N-ethyl adjacent to an activating group) is 1. The van der Waals surface area contributed by atoms with Gasteiger partial charge in [-0.15, -0.1) is 0 Å². The molecule has 0 radical (unpaired) electrons. The number of esters is 1. The second kappa shape index (κ2) is 7.64. The van der Waals surface area contributed by atoms with Gasteiger partial charge in [-0.1, -0.05) is 18.2 Å². The standard InChI is InChI=1S/C19H22N2O5S/c1-3-21(15-9-11-27(24,25)12-15)18(22)13(2)26-19(23)16-8-4-6-14-7-5-10-20-17(14)16/h4-8,10,13,15H,3,9,11-12H2,1-2H3/t13-,15+/m1/s1. The molecule has 0 bridgehead atoms. The first-order valence-electron chi connectivity index (χ1n) is 8.88. The van der Waals surface area contributed by atoms with Crippen molar-refractivity contribution in [2.45, 2.75) is 32.4 Å². The first-order chi connectivity index (χ1) is 12.8. The lowest BCUT2D eigenvalue weighted by Gasteiger charge is -2.29. The first kappa shape index (κ1) is 19.3. The van der Waals surface area contributed by atoms with Gasteiger partial charge in [-0.05, 0) is 32.4 Å². The number of carbonyl (C=O) groups excluding carboxylic acids is 2. The Morgan fingerprint density at radius 3 is 2.70 bits per heavy atom. The van der Waals surface area contributed by atoms with E-state index in [2.05, 4.69) is 4.98 Å². The van der Waals surface area contributed by atoms with Gasteiger partial charge in [0, 0.05) is 24.2 Å². The number of nitrogens with zero attached hydrogens (tertiary/aromatic N) is 2. The summed E-state index contributed by atoms with van der Waals surface area (Å²) < 4.78 is 28.8. The molecule has 0 spiro atoms. The van der Waals surface area contributed by atoms with Crippen LogP contribution in [-0.4, -0.2) is 60.4 Å². The number of pyridine rings is 1. The van der Waals surface area contributed by atoms with Crippen LogP contribution in [-0.2, 0) is 19.4 Å². The average Bonchev–Trinajstić information content (AvgIpc) is 3.01. The molecule has 0 saturated carbocycles. The molecule has 2 heterocycles. The van der Waals surface area contributed by atoms with Crippen molar-refractivity contribution >= 4 is 32.6 Å². The van der Waals surface area contributed by atoms with Crippen molar-refractivity contribution in [3.63, 3.8) is 0 Å². The maximum Gasteiger partial charge on any atom is 0.341 e. The maximum absolute atomic E-state index is 12.7. The third-order valence-electron chi connectivity index (χ3n) is 4.76.